The number of benzene rings is 1. The van der Waals surface area contributed by atoms with Gasteiger partial charge >= 0.3 is 5.97 Å². The summed E-state index contributed by atoms with van der Waals surface area (Å²) in [6.07, 6.45) is 0.636. The Morgan fingerprint density at radius 1 is 1.30 bits per heavy atom. The zero-order valence-corrected chi connectivity index (χ0v) is 12.0. The lowest BCUT2D eigenvalue weighted by atomic mass is 10.1. The minimum Gasteiger partial charge on any atom is -0.478 e. The van der Waals surface area contributed by atoms with E-state index < -0.39 is 16.0 Å². The Morgan fingerprint density at radius 3 is 2.75 bits per heavy atom. The molecule has 1 N–H and O–H groups in total. The summed E-state index contributed by atoms with van der Waals surface area (Å²) in [6, 6.07) is 4.31. The maximum absolute atomic E-state index is 12.6. The van der Waals surface area contributed by atoms with Gasteiger partial charge in [-0.1, -0.05) is 6.07 Å². The Bertz CT molecular complexity index is 603. The highest BCUT2D eigenvalue weighted by Crippen LogP contribution is 2.23. The lowest BCUT2D eigenvalue weighted by molar-refractivity contribution is 0.0696. The number of hydrogen-bond donors (Lipinski definition) is 1. The van der Waals surface area contributed by atoms with E-state index in [0.29, 0.717) is 32.7 Å². The second-order valence-corrected chi connectivity index (χ2v) is 6.51. The fraction of sp³-hybridized carbons (Fsp3) is 0.462. The first kappa shape index (κ1) is 15.0. The van der Waals surface area contributed by atoms with Crippen LogP contribution in [0.5, 0.6) is 0 Å². The molecule has 1 aliphatic heterocycles. The quantitative estimate of drug-likeness (QED) is 0.903. The lowest BCUT2D eigenvalue weighted by Crippen LogP contribution is -2.33. The van der Waals surface area contributed by atoms with Crippen LogP contribution in [0, 0.1) is 6.92 Å². The normalized spacial score (nSPS) is 17.6. The first-order valence-electron chi connectivity index (χ1n) is 6.35. The number of nitrogens with zero attached hydrogens (tertiary/aromatic N) is 1. The molecule has 20 heavy (non-hydrogen) atoms. The number of hydrogen-bond acceptors (Lipinski definition) is 4. The molecule has 0 bridgehead atoms. The zero-order chi connectivity index (χ0) is 14.8. The van der Waals surface area contributed by atoms with E-state index in [4.69, 9.17) is 9.84 Å². The fourth-order valence-electron chi connectivity index (χ4n) is 2.23. The number of rotatable bonds is 3. The van der Waals surface area contributed by atoms with Gasteiger partial charge in [-0.25, -0.2) is 13.2 Å². The van der Waals surface area contributed by atoms with Crippen molar-refractivity contribution in [2.24, 2.45) is 0 Å². The number of sulfonamides is 1. The van der Waals surface area contributed by atoms with Crippen molar-refractivity contribution in [3.63, 3.8) is 0 Å². The molecule has 1 saturated heterocycles. The van der Waals surface area contributed by atoms with E-state index >= 15 is 0 Å². The van der Waals surface area contributed by atoms with Gasteiger partial charge in [-0.15, -0.1) is 0 Å². The first-order chi connectivity index (χ1) is 9.44. The van der Waals surface area contributed by atoms with E-state index in [1.165, 1.54) is 29.4 Å². The minimum absolute atomic E-state index is 0.0112. The molecule has 0 amide bonds. The van der Waals surface area contributed by atoms with E-state index in [9.17, 15) is 13.2 Å². The largest absolute Gasteiger partial charge is 0.478 e. The second kappa shape index (κ2) is 5.90. The molecule has 1 aromatic carbocycles. The van der Waals surface area contributed by atoms with Crippen LogP contribution in [0.15, 0.2) is 23.1 Å². The maximum Gasteiger partial charge on any atom is 0.335 e. The van der Waals surface area contributed by atoms with Gasteiger partial charge in [-0.05, 0) is 31.0 Å². The molecule has 0 unspecified atom stereocenters. The minimum atomic E-state index is -3.68. The molecule has 110 valence electrons. The molecule has 1 fully saturated rings. The summed E-state index contributed by atoms with van der Waals surface area (Å²) in [6.45, 7) is 3.10. The predicted octanol–water partition coefficient (Wildman–Crippen LogP) is 1.10. The molecule has 6 nitrogen and oxygen atoms in total. The van der Waals surface area contributed by atoms with Gasteiger partial charge in [0.2, 0.25) is 10.0 Å². The van der Waals surface area contributed by atoms with Crippen molar-refractivity contribution < 1.29 is 23.1 Å². The van der Waals surface area contributed by atoms with E-state index in [1.807, 2.05) is 0 Å². The summed E-state index contributed by atoms with van der Waals surface area (Å²) >= 11 is 0. The van der Waals surface area contributed by atoms with Gasteiger partial charge in [-0.2, -0.15) is 4.31 Å². The predicted molar refractivity (Wildman–Crippen MR) is 72.3 cm³/mol. The summed E-state index contributed by atoms with van der Waals surface area (Å²) in [7, 11) is -3.68. The van der Waals surface area contributed by atoms with Crippen molar-refractivity contribution in [2.45, 2.75) is 18.2 Å². The Balaban J connectivity index is 2.43. The average molecular weight is 299 g/mol. The number of carboxylic acid groups (broad SMARTS) is 1. The molecule has 2 rings (SSSR count). The van der Waals surface area contributed by atoms with E-state index in [2.05, 4.69) is 0 Å². The third-order valence-corrected chi connectivity index (χ3v) is 5.36. The van der Waals surface area contributed by atoms with E-state index in [-0.39, 0.29) is 16.0 Å². The van der Waals surface area contributed by atoms with Crippen molar-refractivity contribution in [1.82, 2.24) is 4.31 Å². The van der Waals surface area contributed by atoms with Crippen LogP contribution >= 0.6 is 0 Å². The molecular formula is C13H17NO5S. The lowest BCUT2D eigenvalue weighted by Gasteiger charge is -2.21. The molecule has 0 spiro atoms. The number of carbonyl (C=O) groups is 1. The van der Waals surface area contributed by atoms with Crippen LogP contribution < -0.4 is 0 Å². The van der Waals surface area contributed by atoms with Gasteiger partial charge < -0.3 is 9.84 Å². The summed E-state index contributed by atoms with van der Waals surface area (Å²) in [5.74, 6) is -1.13. The molecule has 0 aliphatic carbocycles. The van der Waals surface area contributed by atoms with Gasteiger partial charge in [0.1, 0.15) is 0 Å². The molecule has 1 heterocycles. The Morgan fingerprint density at radius 2 is 2.05 bits per heavy atom. The summed E-state index contributed by atoms with van der Waals surface area (Å²) in [4.78, 5) is 11.2. The van der Waals surface area contributed by atoms with Crippen molar-refractivity contribution in [3.05, 3.63) is 29.3 Å². The Labute approximate surface area is 118 Å². The SMILES string of the molecule is Cc1c(C(=O)O)cccc1S(=O)(=O)N1CCCOCC1. The number of carboxylic acids is 1. The van der Waals surface area contributed by atoms with Gasteiger partial charge in [0, 0.05) is 19.7 Å². The highest BCUT2D eigenvalue weighted by molar-refractivity contribution is 7.89. The topological polar surface area (TPSA) is 83.9 Å². The summed E-state index contributed by atoms with van der Waals surface area (Å²) in [5, 5.41) is 9.08. The molecule has 1 aromatic rings. The maximum atomic E-state index is 12.6. The smallest absolute Gasteiger partial charge is 0.335 e. The van der Waals surface area contributed by atoms with Crippen LogP contribution in [0.2, 0.25) is 0 Å². The third kappa shape index (κ3) is 2.84. The van der Waals surface area contributed by atoms with Crippen LogP contribution in [0.1, 0.15) is 22.3 Å². The van der Waals surface area contributed by atoms with Crippen molar-refractivity contribution >= 4 is 16.0 Å². The van der Waals surface area contributed by atoms with Crippen LogP contribution in [0.25, 0.3) is 0 Å². The highest BCUT2D eigenvalue weighted by atomic mass is 32.2. The number of aromatic carboxylic acids is 1. The van der Waals surface area contributed by atoms with Gasteiger partial charge in [0.15, 0.2) is 0 Å². The molecule has 0 aromatic heterocycles. The first-order valence-corrected chi connectivity index (χ1v) is 7.79. The van der Waals surface area contributed by atoms with Gasteiger partial charge in [0.05, 0.1) is 17.1 Å². The molecular weight excluding hydrogens is 282 g/mol. The van der Waals surface area contributed by atoms with Crippen LogP contribution in [0.3, 0.4) is 0 Å². The highest BCUT2D eigenvalue weighted by Gasteiger charge is 2.28. The molecule has 7 heteroatoms. The standard InChI is InChI=1S/C13H17NO5S/c1-10-11(13(15)16)4-2-5-12(10)20(17,18)14-6-3-8-19-9-7-14/h2,4-5H,3,6-9H2,1H3,(H,15,16). The monoisotopic (exact) mass is 299 g/mol. The third-order valence-electron chi connectivity index (χ3n) is 3.31. The van der Waals surface area contributed by atoms with Crippen LogP contribution in [-0.4, -0.2) is 50.1 Å². The molecule has 0 radical (unpaired) electrons. The summed E-state index contributed by atoms with van der Waals surface area (Å²) < 4.78 is 31.8. The zero-order valence-electron chi connectivity index (χ0n) is 11.2. The van der Waals surface area contributed by atoms with Crippen molar-refractivity contribution in [1.29, 1.82) is 0 Å². The van der Waals surface area contributed by atoms with Crippen molar-refractivity contribution in [3.8, 4) is 0 Å². The average Bonchev–Trinajstić information content (AvgIpc) is 2.67. The van der Waals surface area contributed by atoms with Gasteiger partial charge in [0.25, 0.3) is 0 Å². The molecule has 0 atom stereocenters. The molecule has 1 aliphatic rings. The Kier molecular flexibility index (Phi) is 4.42. The fourth-order valence-corrected chi connectivity index (χ4v) is 3.94. The van der Waals surface area contributed by atoms with E-state index in [1.54, 1.807) is 0 Å². The van der Waals surface area contributed by atoms with Crippen LogP contribution in [0.4, 0.5) is 0 Å². The Hall–Kier alpha value is -1.44. The second-order valence-electron chi connectivity index (χ2n) is 4.60. The van der Waals surface area contributed by atoms with E-state index in [0.717, 1.165) is 0 Å². The summed E-state index contributed by atoms with van der Waals surface area (Å²) in [5.41, 5.74) is 0.280. The van der Waals surface area contributed by atoms with Gasteiger partial charge in [-0.3, -0.25) is 0 Å². The molecule has 0 saturated carbocycles. The van der Waals surface area contributed by atoms with Crippen molar-refractivity contribution in [2.75, 3.05) is 26.3 Å². The van der Waals surface area contributed by atoms with Crippen LogP contribution in [-0.2, 0) is 14.8 Å². The number of ether oxygens (including phenoxy) is 1.